The molecule has 0 unspecified atom stereocenters. The molecule has 1 saturated heterocycles. The highest BCUT2D eigenvalue weighted by atomic mass is 16.5. The Hall–Kier alpha value is -1.46. The van der Waals surface area contributed by atoms with E-state index in [-0.39, 0.29) is 18.6 Å². The van der Waals surface area contributed by atoms with E-state index in [1.807, 2.05) is 4.90 Å². The lowest BCUT2D eigenvalue weighted by atomic mass is 10.1. The van der Waals surface area contributed by atoms with Crippen molar-refractivity contribution >= 4 is 5.91 Å². The summed E-state index contributed by atoms with van der Waals surface area (Å²) in [5, 5.41) is 8.69. The molecule has 5 nitrogen and oxygen atoms in total. The summed E-state index contributed by atoms with van der Waals surface area (Å²) in [5.41, 5.74) is 0.680. The van der Waals surface area contributed by atoms with Crippen molar-refractivity contribution in [3.8, 4) is 0 Å². The van der Waals surface area contributed by atoms with Crippen molar-refractivity contribution < 1.29 is 14.6 Å². The number of likely N-dealkylation sites (tertiary alicyclic amines) is 1. The van der Waals surface area contributed by atoms with Crippen LogP contribution in [0.15, 0.2) is 24.5 Å². The molecular weight excluding hydrogens is 232 g/mol. The minimum Gasteiger partial charge on any atom is -0.394 e. The molecule has 0 saturated carbocycles. The smallest absolute Gasteiger partial charge is 0.253 e. The molecule has 5 heteroatoms. The molecule has 18 heavy (non-hydrogen) atoms. The number of ether oxygens (including phenoxy) is 1. The van der Waals surface area contributed by atoms with Crippen LogP contribution in [0.5, 0.6) is 0 Å². The van der Waals surface area contributed by atoms with E-state index < -0.39 is 0 Å². The normalized spacial score (nSPS) is 16.8. The van der Waals surface area contributed by atoms with Gasteiger partial charge >= 0.3 is 0 Å². The SMILES string of the molecule is O=C(c1ccncc1)N1CCC(OCCO)CC1. The highest BCUT2D eigenvalue weighted by molar-refractivity contribution is 5.94. The summed E-state index contributed by atoms with van der Waals surface area (Å²) in [6.07, 6.45) is 5.08. The Kier molecular flexibility index (Phi) is 4.66. The second kappa shape index (κ2) is 6.47. The highest BCUT2D eigenvalue weighted by Gasteiger charge is 2.23. The molecule has 0 atom stereocenters. The van der Waals surface area contributed by atoms with E-state index in [1.54, 1.807) is 24.5 Å². The van der Waals surface area contributed by atoms with Crippen LogP contribution in [0.25, 0.3) is 0 Å². The first-order valence-electron chi connectivity index (χ1n) is 6.23. The first-order chi connectivity index (χ1) is 8.81. The molecule has 0 bridgehead atoms. The fraction of sp³-hybridized carbons (Fsp3) is 0.538. The van der Waals surface area contributed by atoms with E-state index in [0.29, 0.717) is 25.3 Å². The van der Waals surface area contributed by atoms with Gasteiger partial charge < -0.3 is 14.7 Å². The third-order valence-corrected chi connectivity index (χ3v) is 3.10. The summed E-state index contributed by atoms with van der Waals surface area (Å²) in [4.78, 5) is 17.9. The first-order valence-corrected chi connectivity index (χ1v) is 6.23. The van der Waals surface area contributed by atoms with Gasteiger partial charge in [-0.3, -0.25) is 9.78 Å². The Morgan fingerprint density at radius 2 is 2.06 bits per heavy atom. The maximum absolute atomic E-state index is 12.1. The van der Waals surface area contributed by atoms with Crippen LogP contribution in [0.4, 0.5) is 0 Å². The van der Waals surface area contributed by atoms with Gasteiger partial charge in [-0.1, -0.05) is 0 Å². The Balaban J connectivity index is 1.84. The Labute approximate surface area is 106 Å². The van der Waals surface area contributed by atoms with Crippen LogP contribution in [0.3, 0.4) is 0 Å². The van der Waals surface area contributed by atoms with E-state index in [4.69, 9.17) is 9.84 Å². The third kappa shape index (κ3) is 3.27. The lowest BCUT2D eigenvalue weighted by molar-refractivity contribution is -0.00554. The summed E-state index contributed by atoms with van der Waals surface area (Å²) >= 11 is 0. The molecule has 0 radical (unpaired) electrons. The summed E-state index contributed by atoms with van der Waals surface area (Å²) in [7, 11) is 0. The molecule has 1 N–H and O–H groups in total. The number of nitrogens with zero attached hydrogens (tertiary/aromatic N) is 2. The number of carbonyl (C=O) groups is 1. The second-order valence-corrected chi connectivity index (χ2v) is 4.32. The Morgan fingerprint density at radius 1 is 1.39 bits per heavy atom. The Morgan fingerprint density at radius 3 is 2.67 bits per heavy atom. The molecule has 0 aromatic carbocycles. The predicted octanol–water partition coefficient (Wildman–Crippen LogP) is 0.695. The highest BCUT2D eigenvalue weighted by Crippen LogP contribution is 2.15. The van der Waals surface area contributed by atoms with E-state index in [1.165, 1.54) is 0 Å². The lowest BCUT2D eigenvalue weighted by Gasteiger charge is -2.31. The number of carbonyl (C=O) groups excluding carboxylic acids is 1. The molecule has 98 valence electrons. The molecule has 0 aliphatic carbocycles. The van der Waals surface area contributed by atoms with Crippen molar-refractivity contribution in [3.05, 3.63) is 30.1 Å². The van der Waals surface area contributed by atoms with Gasteiger partial charge in [0.1, 0.15) is 0 Å². The maximum Gasteiger partial charge on any atom is 0.253 e. The number of aromatic nitrogens is 1. The lowest BCUT2D eigenvalue weighted by Crippen LogP contribution is -2.41. The fourth-order valence-corrected chi connectivity index (χ4v) is 2.12. The molecule has 1 amide bonds. The van der Waals surface area contributed by atoms with Crippen molar-refractivity contribution in [2.75, 3.05) is 26.3 Å². The molecule has 0 spiro atoms. The zero-order valence-corrected chi connectivity index (χ0v) is 10.3. The molecule has 1 aromatic rings. The van der Waals surface area contributed by atoms with Gasteiger partial charge in [0, 0.05) is 31.0 Å². The first kappa shape index (κ1) is 13.0. The zero-order chi connectivity index (χ0) is 12.8. The number of amides is 1. The van der Waals surface area contributed by atoms with Gasteiger partial charge in [-0.15, -0.1) is 0 Å². The van der Waals surface area contributed by atoms with Gasteiger partial charge in [0.05, 0.1) is 19.3 Å². The van der Waals surface area contributed by atoms with Gasteiger partial charge in [0.25, 0.3) is 5.91 Å². The van der Waals surface area contributed by atoms with Crippen molar-refractivity contribution in [1.29, 1.82) is 0 Å². The largest absolute Gasteiger partial charge is 0.394 e. The van der Waals surface area contributed by atoms with Crippen LogP contribution >= 0.6 is 0 Å². The topological polar surface area (TPSA) is 62.7 Å². The molecule has 1 aliphatic heterocycles. The maximum atomic E-state index is 12.1. The number of rotatable bonds is 4. The van der Waals surface area contributed by atoms with Gasteiger partial charge in [-0.05, 0) is 25.0 Å². The molecule has 1 fully saturated rings. The molecule has 1 aromatic heterocycles. The number of hydrogen-bond acceptors (Lipinski definition) is 4. The molecule has 2 rings (SSSR count). The standard InChI is InChI=1S/C13H18N2O3/c16-9-10-18-12-3-7-15(8-4-12)13(17)11-1-5-14-6-2-11/h1-2,5-6,12,16H,3-4,7-10H2. The minimum atomic E-state index is 0.0517. The van der Waals surface area contributed by atoms with Crippen molar-refractivity contribution in [2.45, 2.75) is 18.9 Å². The van der Waals surface area contributed by atoms with Gasteiger partial charge in [0.15, 0.2) is 0 Å². The van der Waals surface area contributed by atoms with E-state index >= 15 is 0 Å². The van der Waals surface area contributed by atoms with Crippen molar-refractivity contribution in [2.24, 2.45) is 0 Å². The molecule has 1 aliphatic rings. The van der Waals surface area contributed by atoms with Crippen LogP contribution in [0, 0.1) is 0 Å². The van der Waals surface area contributed by atoms with Crippen LogP contribution < -0.4 is 0 Å². The van der Waals surface area contributed by atoms with Crippen LogP contribution in [0.1, 0.15) is 23.2 Å². The predicted molar refractivity (Wildman–Crippen MR) is 66.2 cm³/mol. The van der Waals surface area contributed by atoms with Crippen molar-refractivity contribution in [3.63, 3.8) is 0 Å². The van der Waals surface area contributed by atoms with Gasteiger partial charge in [-0.25, -0.2) is 0 Å². The summed E-state index contributed by atoms with van der Waals surface area (Å²) in [6, 6.07) is 3.47. The van der Waals surface area contributed by atoms with Gasteiger partial charge in [-0.2, -0.15) is 0 Å². The van der Waals surface area contributed by atoms with E-state index in [2.05, 4.69) is 4.98 Å². The zero-order valence-electron chi connectivity index (χ0n) is 10.3. The average Bonchev–Trinajstić information content (AvgIpc) is 2.46. The molecular formula is C13H18N2O3. The summed E-state index contributed by atoms with van der Waals surface area (Å²) in [6.45, 7) is 1.84. The monoisotopic (exact) mass is 250 g/mol. The number of piperidine rings is 1. The van der Waals surface area contributed by atoms with Gasteiger partial charge in [0.2, 0.25) is 0 Å². The number of pyridine rings is 1. The van der Waals surface area contributed by atoms with Crippen molar-refractivity contribution in [1.82, 2.24) is 9.88 Å². The average molecular weight is 250 g/mol. The van der Waals surface area contributed by atoms with E-state index in [0.717, 1.165) is 12.8 Å². The Bertz CT molecular complexity index is 375. The molecule has 2 heterocycles. The van der Waals surface area contributed by atoms with E-state index in [9.17, 15) is 4.79 Å². The minimum absolute atomic E-state index is 0.0517. The summed E-state index contributed by atoms with van der Waals surface area (Å²) < 4.78 is 5.47. The van der Waals surface area contributed by atoms with Crippen LogP contribution in [-0.4, -0.2) is 53.3 Å². The number of aliphatic hydroxyl groups excluding tert-OH is 1. The quantitative estimate of drug-likeness (QED) is 0.854. The fourth-order valence-electron chi connectivity index (χ4n) is 2.12. The summed E-state index contributed by atoms with van der Waals surface area (Å²) in [5.74, 6) is 0.0537. The number of hydrogen-bond donors (Lipinski definition) is 1. The second-order valence-electron chi connectivity index (χ2n) is 4.32. The number of aliphatic hydroxyl groups is 1. The van der Waals surface area contributed by atoms with Crippen LogP contribution in [-0.2, 0) is 4.74 Å². The van der Waals surface area contributed by atoms with Crippen LogP contribution in [0.2, 0.25) is 0 Å². The third-order valence-electron chi connectivity index (χ3n) is 3.10.